The van der Waals surface area contributed by atoms with Gasteiger partial charge in [-0.05, 0) is 43.3 Å². The van der Waals surface area contributed by atoms with Crippen LogP contribution in [0.2, 0.25) is 0 Å². The van der Waals surface area contributed by atoms with Crippen LogP contribution in [0.4, 0.5) is 23.8 Å². The van der Waals surface area contributed by atoms with E-state index in [4.69, 9.17) is 0 Å². The van der Waals surface area contributed by atoms with Crippen molar-refractivity contribution >= 4 is 23.0 Å². The summed E-state index contributed by atoms with van der Waals surface area (Å²) in [5, 5.41) is 5.15. The standard InChI is InChI=1S/C17H14F3N5O2/c1-2-21-16(26)25-14-8-7-12-15(24-14)23-13(9-22-12)10-3-5-11(6-4-10)27-17(18,19)20/h3-9H,2H2,1H3,(H2,21,23,24,25,26). The topological polar surface area (TPSA) is 89.0 Å². The summed E-state index contributed by atoms with van der Waals surface area (Å²) < 4.78 is 40.5. The molecule has 0 atom stereocenters. The maximum Gasteiger partial charge on any atom is 0.573 e. The van der Waals surface area contributed by atoms with Gasteiger partial charge in [0.2, 0.25) is 0 Å². The average molecular weight is 377 g/mol. The van der Waals surface area contributed by atoms with Gasteiger partial charge in [0.25, 0.3) is 0 Å². The first kappa shape index (κ1) is 18.4. The fraction of sp³-hybridized carbons (Fsp3) is 0.176. The van der Waals surface area contributed by atoms with Crippen LogP contribution in [0.5, 0.6) is 5.75 Å². The van der Waals surface area contributed by atoms with Gasteiger partial charge in [0.15, 0.2) is 5.65 Å². The van der Waals surface area contributed by atoms with E-state index in [1.165, 1.54) is 30.5 Å². The van der Waals surface area contributed by atoms with E-state index < -0.39 is 12.4 Å². The van der Waals surface area contributed by atoms with Gasteiger partial charge in [0.05, 0.1) is 11.9 Å². The van der Waals surface area contributed by atoms with E-state index in [9.17, 15) is 18.0 Å². The van der Waals surface area contributed by atoms with Crippen LogP contribution in [0.3, 0.4) is 0 Å². The molecule has 0 saturated heterocycles. The molecule has 0 radical (unpaired) electrons. The summed E-state index contributed by atoms with van der Waals surface area (Å²) in [5.74, 6) is -0.0274. The molecule has 7 nitrogen and oxygen atoms in total. The van der Waals surface area contributed by atoms with Crippen LogP contribution in [0, 0.1) is 0 Å². The Kier molecular flexibility index (Phi) is 5.06. The zero-order chi connectivity index (χ0) is 19.4. The Bertz CT molecular complexity index is 961. The number of nitrogens with zero attached hydrogens (tertiary/aromatic N) is 3. The molecule has 2 aromatic heterocycles. The number of alkyl halides is 3. The van der Waals surface area contributed by atoms with Crippen molar-refractivity contribution in [1.29, 1.82) is 0 Å². The Labute approximate surface area is 151 Å². The molecule has 0 aliphatic rings. The van der Waals surface area contributed by atoms with Crippen molar-refractivity contribution in [3.05, 3.63) is 42.6 Å². The molecule has 27 heavy (non-hydrogen) atoms. The number of ether oxygens (including phenoxy) is 1. The molecule has 0 spiro atoms. The Balaban J connectivity index is 1.85. The van der Waals surface area contributed by atoms with Crippen LogP contribution < -0.4 is 15.4 Å². The molecule has 0 unspecified atom stereocenters. The maximum absolute atomic E-state index is 12.2. The van der Waals surface area contributed by atoms with Crippen LogP contribution >= 0.6 is 0 Å². The third kappa shape index (κ3) is 4.81. The van der Waals surface area contributed by atoms with Gasteiger partial charge >= 0.3 is 12.4 Å². The summed E-state index contributed by atoms with van der Waals surface area (Å²) >= 11 is 0. The van der Waals surface area contributed by atoms with Gasteiger partial charge in [-0.3, -0.25) is 10.3 Å². The van der Waals surface area contributed by atoms with Crippen LogP contribution in [0.1, 0.15) is 6.92 Å². The van der Waals surface area contributed by atoms with Gasteiger partial charge < -0.3 is 10.1 Å². The van der Waals surface area contributed by atoms with E-state index in [1.807, 2.05) is 0 Å². The van der Waals surface area contributed by atoms with E-state index in [-0.39, 0.29) is 11.4 Å². The second-order valence-corrected chi connectivity index (χ2v) is 5.35. The summed E-state index contributed by atoms with van der Waals surface area (Å²) in [6.07, 6.45) is -3.26. The molecule has 0 saturated carbocycles. The van der Waals surface area contributed by atoms with E-state index >= 15 is 0 Å². The molecular weight excluding hydrogens is 363 g/mol. The van der Waals surface area contributed by atoms with Crippen molar-refractivity contribution < 1.29 is 22.7 Å². The number of amides is 2. The number of anilines is 1. The number of aromatic nitrogens is 3. The number of urea groups is 1. The number of hydrogen-bond acceptors (Lipinski definition) is 5. The summed E-state index contributed by atoms with van der Waals surface area (Å²) in [7, 11) is 0. The molecular formula is C17H14F3N5O2. The van der Waals surface area contributed by atoms with Crippen molar-refractivity contribution in [2.75, 3.05) is 11.9 Å². The number of hydrogen-bond donors (Lipinski definition) is 2. The minimum atomic E-state index is -4.75. The molecule has 0 aliphatic carbocycles. The summed E-state index contributed by atoms with van der Waals surface area (Å²) in [6, 6.07) is 8.11. The fourth-order valence-electron chi connectivity index (χ4n) is 2.25. The van der Waals surface area contributed by atoms with E-state index in [0.717, 1.165) is 0 Å². The zero-order valence-corrected chi connectivity index (χ0v) is 14.0. The van der Waals surface area contributed by atoms with E-state index in [0.29, 0.717) is 29.1 Å². The number of halogens is 3. The smallest absolute Gasteiger partial charge is 0.406 e. The molecule has 10 heteroatoms. The van der Waals surface area contributed by atoms with Gasteiger partial charge in [-0.1, -0.05) is 0 Å². The lowest BCUT2D eigenvalue weighted by atomic mass is 10.1. The fourth-order valence-corrected chi connectivity index (χ4v) is 2.25. The first-order chi connectivity index (χ1) is 12.8. The van der Waals surface area contributed by atoms with E-state index in [1.54, 1.807) is 19.1 Å². The molecule has 2 N–H and O–H groups in total. The lowest BCUT2D eigenvalue weighted by Crippen LogP contribution is -2.28. The highest BCUT2D eigenvalue weighted by molar-refractivity contribution is 5.89. The molecule has 140 valence electrons. The summed E-state index contributed by atoms with van der Waals surface area (Å²) in [6.45, 7) is 2.26. The molecule has 3 aromatic rings. The van der Waals surface area contributed by atoms with Gasteiger partial charge in [-0.15, -0.1) is 13.2 Å². The summed E-state index contributed by atoms with van der Waals surface area (Å²) in [4.78, 5) is 24.4. The molecule has 2 amide bonds. The highest BCUT2D eigenvalue weighted by Gasteiger charge is 2.30. The molecule has 2 heterocycles. The number of carbonyl (C=O) groups excluding carboxylic acids is 1. The first-order valence-electron chi connectivity index (χ1n) is 7.89. The van der Waals surface area contributed by atoms with Crippen molar-refractivity contribution in [1.82, 2.24) is 20.3 Å². The summed E-state index contributed by atoms with van der Waals surface area (Å²) in [5.41, 5.74) is 1.76. The lowest BCUT2D eigenvalue weighted by Gasteiger charge is -2.09. The predicted molar refractivity (Wildman–Crippen MR) is 92.1 cm³/mol. The second kappa shape index (κ2) is 7.44. The second-order valence-electron chi connectivity index (χ2n) is 5.35. The molecule has 0 aliphatic heterocycles. The molecule has 0 fully saturated rings. The Hall–Kier alpha value is -3.43. The Morgan fingerprint density at radius 3 is 2.52 bits per heavy atom. The highest BCUT2D eigenvalue weighted by atomic mass is 19.4. The number of pyridine rings is 1. The average Bonchev–Trinajstić information content (AvgIpc) is 2.60. The zero-order valence-electron chi connectivity index (χ0n) is 14.0. The largest absolute Gasteiger partial charge is 0.573 e. The van der Waals surface area contributed by atoms with Crippen LogP contribution in [0.25, 0.3) is 22.4 Å². The molecule has 1 aromatic carbocycles. The number of benzene rings is 1. The first-order valence-corrected chi connectivity index (χ1v) is 7.89. The van der Waals surface area contributed by atoms with Crippen LogP contribution in [-0.2, 0) is 0 Å². The third-order valence-electron chi connectivity index (χ3n) is 3.37. The number of fused-ring (bicyclic) bond motifs is 1. The SMILES string of the molecule is CCNC(=O)Nc1ccc2ncc(-c3ccc(OC(F)(F)F)cc3)nc2n1. The van der Waals surface area contributed by atoms with Crippen LogP contribution in [0.15, 0.2) is 42.6 Å². The van der Waals surface area contributed by atoms with Gasteiger partial charge in [0.1, 0.15) is 17.1 Å². The number of carbonyl (C=O) groups is 1. The highest BCUT2D eigenvalue weighted by Crippen LogP contribution is 2.26. The van der Waals surface area contributed by atoms with Gasteiger partial charge in [-0.25, -0.2) is 14.8 Å². The lowest BCUT2D eigenvalue weighted by molar-refractivity contribution is -0.274. The normalized spacial score (nSPS) is 11.3. The monoisotopic (exact) mass is 377 g/mol. The van der Waals surface area contributed by atoms with Crippen molar-refractivity contribution in [3.63, 3.8) is 0 Å². The number of nitrogens with one attached hydrogen (secondary N) is 2. The van der Waals surface area contributed by atoms with Crippen molar-refractivity contribution in [3.8, 4) is 17.0 Å². The Morgan fingerprint density at radius 2 is 1.85 bits per heavy atom. The quantitative estimate of drug-likeness (QED) is 0.723. The van der Waals surface area contributed by atoms with E-state index in [2.05, 4.69) is 30.3 Å². The minimum absolute atomic E-state index is 0.289. The predicted octanol–water partition coefficient (Wildman–Crippen LogP) is 3.73. The molecule has 3 rings (SSSR count). The van der Waals surface area contributed by atoms with Crippen LogP contribution in [-0.4, -0.2) is 33.9 Å². The van der Waals surface area contributed by atoms with Crippen molar-refractivity contribution in [2.45, 2.75) is 13.3 Å². The third-order valence-corrected chi connectivity index (χ3v) is 3.37. The maximum atomic E-state index is 12.2. The van der Waals surface area contributed by atoms with Gasteiger partial charge in [-0.2, -0.15) is 0 Å². The van der Waals surface area contributed by atoms with Crippen molar-refractivity contribution in [2.24, 2.45) is 0 Å². The Morgan fingerprint density at radius 1 is 1.11 bits per heavy atom. The van der Waals surface area contributed by atoms with Gasteiger partial charge in [0, 0.05) is 12.1 Å². The number of rotatable bonds is 4. The molecule has 0 bridgehead atoms. The minimum Gasteiger partial charge on any atom is -0.406 e.